The summed E-state index contributed by atoms with van der Waals surface area (Å²) < 4.78 is 78.9. The van der Waals surface area contributed by atoms with E-state index >= 15 is 0 Å². The normalized spacial score (nSPS) is 25.8. The predicted molar refractivity (Wildman–Crippen MR) is 206 cm³/mol. The fourth-order valence-electron chi connectivity index (χ4n) is 6.48. The highest BCUT2D eigenvalue weighted by Gasteiger charge is 2.53. The third-order valence-corrected chi connectivity index (χ3v) is 10.8. The van der Waals surface area contributed by atoms with Crippen LogP contribution in [-0.4, -0.2) is 131 Å². The van der Waals surface area contributed by atoms with Gasteiger partial charge in [0, 0.05) is 41.0 Å². The van der Waals surface area contributed by atoms with Crippen molar-refractivity contribution in [2.24, 2.45) is 0 Å². The Kier molecular flexibility index (Phi) is 17.9. The zero-order valence-corrected chi connectivity index (χ0v) is 35.0. The van der Waals surface area contributed by atoms with Gasteiger partial charge in [-0.2, -0.15) is 0 Å². The number of hydrogen-bond acceptors (Lipinski definition) is 17. The van der Waals surface area contributed by atoms with Gasteiger partial charge in [-0.25, -0.2) is 13.2 Å². The Morgan fingerprint density at radius 2 is 1.33 bits per heavy atom. The molecule has 0 saturated carbocycles. The Hall–Kier alpha value is -4.99. The van der Waals surface area contributed by atoms with Gasteiger partial charge in [0.15, 0.2) is 28.5 Å². The van der Waals surface area contributed by atoms with Crippen LogP contribution in [0.4, 0.5) is 0 Å². The molecule has 20 heteroatoms. The molecular formula is C40H52N2O17S. The lowest BCUT2D eigenvalue weighted by Crippen LogP contribution is -2.69. The first-order chi connectivity index (χ1) is 28.4. The van der Waals surface area contributed by atoms with Gasteiger partial charge in [0.1, 0.15) is 56.3 Å². The average Bonchev–Trinajstić information content (AvgIpc) is 3.18. The van der Waals surface area contributed by atoms with Gasteiger partial charge in [-0.3, -0.25) is 24.0 Å². The molecule has 2 aliphatic heterocycles. The molecule has 0 aromatic heterocycles. The maximum absolute atomic E-state index is 13.5. The van der Waals surface area contributed by atoms with E-state index in [4.69, 9.17) is 42.6 Å². The van der Waals surface area contributed by atoms with Gasteiger partial charge in [0.25, 0.3) is 0 Å². The first-order valence-corrected chi connectivity index (χ1v) is 20.8. The van der Waals surface area contributed by atoms with E-state index in [1.165, 1.54) is 39.8 Å². The zero-order valence-electron chi connectivity index (χ0n) is 34.1. The lowest BCUT2D eigenvalue weighted by Gasteiger charge is -2.49. The molecule has 2 saturated heterocycles. The van der Waals surface area contributed by atoms with Crippen LogP contribution in [0.25, 0.3) is 0 Å². The molecule has 2 heterocycles. The number of nitrogens with one attached hydrogen (secondary N) is 2. The van der Waals surface area contributed by atoms with Crippen LogP contribution in [-0.2, 0) is 87.8 Å². The second-order valence-corrected chi connectivity index (χ2v) is 16.2. The van der Waals surface area contributed by atoms with E-state index in [0.29, 0.717) is 0 Å². The van der Waals surface area contributed by atoms with Crippen LogP contribution in [0.1, 0.15) is 53.5 Å². The summed E-state index contributed by atoms with van der Waals surface area (Å²) in [6.45, 7) is 5.92. The summed E-state index contributed by atoms with van der Waals surface area (Å²) in [4.78, 5) is 75.1. The second-order valence-electron chi connectivity index (χ2n) is 14.1. The van der Waals surface area contributed by atoms with Crippen molar-refractivity contribution < 1.29 is 79.8 Å². The second kappa shape index (κ2) is 22.6. The van der Waals surface area contributed by atoms with E-state index in [1.54, 1.807) is 42.5 Å². The summed E-state index contributed by atoms with van der Waals surface area (Å²) >= 11 is 0. The quantitative estimate of drug-likeness (QED) is 0.149. The molecule has 2 aliphatic rings. The molecule has 2 aromatic carbocycles. The minimum absolute atomic E-state index is 0.0359. The molecule has 4 rings (SSSR count). The van der Waals surface area contributed by atoms with Crippen molar-refractivity contribution in [3.63, 3.8) is 0 Å². The topological polar surface area (TPSA) is 244 Å². The Labute approximate surface area is 347 Å². The summed E-state index contributed by atoms with van der Waals surface area (Å²) in [5.41, 5.74) is 0.724. The first kappa shape index (κ1) is 47.7. The van der Waals surface area contributed by atoms with Crippen molar-refractivity contribution in [2.75, 3.05) is 25.6 Å². The predicted octanol–water partition coefficient (Wildman–Crippen LogP) is 1.29. The summed E-state index contributed by atoms with van der Waals surface area (Å²) in [6.07, 6.45) is -10.6. The minimum atomic E-state index is -3.82. The maximum Gasteiger partial charge on any atom is 0.335 e. The molecule has 10 atom stereocenters. The SMILES string of the molecule is CC(=O)N[C@H]1[C@@H](OCc2ccccc2)O[C@H](COC(C)=O)[C@@H](O[C@@H]2O[C@H](COC(C)=O)C[C@H](OC(C)=O)[C@H]2NC(C)=O)[C@@H]1O[C@H](C)C(=O)OCCS(=O)(=O)c1ccccc1. The van der Waals surface area contributed by atoms with Crippen LogP contribution >= 0.6 is 0 Å². The molecule has 0 aliphatic carbocycles. The highest BCUT2D eigenvalue weighted by Crippen LogP contribution is 2.33. The summed E-state index contributed by atoms with van der Waals surface area (Å²) in [5, 5.41) is 5.43. The van der Waals surface area contributed by atoms with Crippen molar-refractivity contribution in [1.82, 2.24) is 10.6 Å². The molecular weight excluding hydrogens is 813 g/mol. The molecule has 60 heavy (non-hydrogen) atoms. The smallest absolute Gasteiger partial charge is 0.335 e. The molecule has 19 nitrogen and oxygen atoms in total. The van der Waals surface area contributed by atoms with Gasteiger partial charge in [-0.15, -0.1) is 0 Å². The molecule has 0 radical (unpaired) electrons. The highest BCUT2D eigenvalue weighted by atomic mass is 32.2. The molecule has 0 unspecified atom stereocenters. The summed E-state index contributed by atoms with van der Waals surface area (Å²) in [6, 6.07) is 14.1. The van der Waals surface area contributed by atoms with Crippen molar-refractivity contribution in [3.8, 4) is 0 Å². The average molecular weight is 865 g/mol. The number of hydrogen-bond donors (Lipinski definition) is 2. The van der Waals surface area contributed by atoms with E-state index in [9.17, 15) is 37.2 Å². The van der Waals surface area contributed by atoms with Crippen LogP contribution in [0, 0.1) is 0 Å². The lowest BCUT2D eigenvalue weighted by atomic mass is 9.94. The molecule has 2 aromatic rings. The third kappa shape index (κ3) is 14.6. The largest absolute Gasteiger partial charge is 0.463 e. The first-order valence-electron chi connectivity index (χ1n) is 19.1. The van der Waals surface area contributed by atoms with E-state index in [-0.39, 0.29) is 24.5 Å². The minimum Gasteiger partial charge on any atom is -0.463 e. The fraction of sp³-hybridized carbons (Fsp3) is 0.550. The van der Waals surface area contributed by atoms with E-state index in [2.05, 4.69) is 10.6 Å². The zero-order chi connectivity index (χ0) is 44.0. The maximum atomic E-state index is 13.5. The van der Waals surface area contributed by atoms with Crippen LogP contribution in [0.3, 0.4) is 0 Å². The monoisotopic (exact) mass is 864 g/mol. The van der Waals surface area contributed by atoms with Crippen LogP contribution in [0.2, 0.25) is 0 Å². The molecule has 2 amide bonds. The van der Waals surface area contributed by atoms with E-state index < -0.39 is 126 Å². The van der Waals surface area contributed by atoms with Gasteiger partial charge < -0.3 is 53.3 Å². The van der Waals surface area contributed by atoms with Gasteiger partial charge >= 0.3 is 23.9 Å². The number of carbonyl (C=O) groups excluding carboxylic acids is 6. The van der Waals surface area contributed by atoms with E-state index in [0.717, 1.165) is 19.4 Å². The molecule has 0 bridgehead atoms. The van der Waals surface area contributed by atoms with Crippen molar-refractivity contribution in [3.05, 3.63) is 66.2 Å². The fourth-order valence-corrected chi connectivity index (χ4v) is 7.59. The number of benzene rings is 2. The molecule has 330 valence electrons. The van der Waals surface area contributed by atoms with Crippen molar-refractivity contribution >= 4 is 45.5 Å². The van der Waals surface area contributed by atoms with Crippen LogP contribution in [0.15, 0.2) is 65.6 Å². The number of carbonyl (C=O) groups is 6. The van der Waals surface area contributed by atoms with E-state index in [1.807, 2.05) is 6.07 Å². The number of amides is 2. The summed E-state index contributed by atoms with van der Waals surface area (Å²) in [7, 11) is -3.82. The van der Waals surface area contributed by atoms with Gasteiger partial charge in [-0.1, -0.05) is 48.5 Å². The number of ether oxygens (including phenoxy) is 9. The van der Waals surface area contributed by atoms with Crippen molar-refractivity contribution in [1.29, 1.82) is 0 Å². The Balaban J connectivity index is 1.73. The Bertz CT molecular complexity index is 1880. The van der Waals surface area contributed by atoms with Crippen molar-refractivity contribution in [2.45, 2.75) is 121 Å². The molecule has 2 N–H and O–H groups in total. The van der Waals surface area contributed by atoms with Gasteiger partial charge in [0.05, 0.1) is 23.4 Å². The van der Waals surface area contributed by atoms with Crippen LogP contribution < -0.4 is 10.6 Å². The van der Waals surface area contributed by atoms with Gasteiger partial charge in [0.2, 0.25) is 11.8 Å². The number of rotatable bonds is 19. The number of sulfone groups is 1. The third-order valence-electron chi connectivity index (χ3n) is 9.08. The van der Waals surface area contributed by atoms with Gasteiger partial charge in [-0.05, 0) is 24.6 Å². The summed E-state index contributed by atoms with van der Waals surface area (Å²) in [5.74, 6) is -4.69. The number of esters is 4. The standard InChI is InChI=1S/C40H52N2O17S/c1-23(38(48)51-17-18-60(49,50)31-15-11-8-12-16-31)55-37-35(42-25(3)44)39(54-20-29-13-9-7-10-14-29)58-33(22-53-27(5)46)36(37)59-40-34(41-24(2)43)32(56-28(6)47)19-30(57-40)21-52-26(4)45/h7-16,23,30,32-37,39-40H,17-22H2,1-6H3,(H,41,43)(H,42,44)/t23-,30+,32+,33-,34-,35-,36-,37-,39+,40+/m1/s1. The lowest BCUT2D eigenvalue weighted by molar-refractivity contribution is -0.331. The Morgan fingerprint density at radius 1 is 0.733 bits per heavy atom. The Morgan fingerprint density at radius 3 is 1.93 bits per heavy atom. The highest BCUT2D eigenvalue weighted by molar-refractivity contribution is 7.91. The molecule has 0 spiro atoms. The van der Waals surface area contributed by atoms with Crippen LogP contribution in [0.5, 0.6) is 0 Å². The molecule has 2 fully saturated rings.